The Morgan fingerprint density at radius 3 is 2.38 bits per heavy atom. The van der Waals surface area contributed by atoms with E-state index in [0.717, 1.165) is 11.4 Å². The Morgan fingerprint density at radius 2 is 1.79 bits per heavy atom. The first kappa shape index (κ1) is 20.3. The Balaban J connectivity index is 1.73. The zero-order chi connectivity index (χ0) is 21.2. The number of rotatable bonds is 5. The van der Waals surface area contributed by atoms with E-state index < -0.39 is 18.5 Å². The number of hydrogen-bond acceptors (Lipinski definition) is 5. The summed E-state index contributed by atoms with van der Waals surface area (Å²) in [5.41, 5.74) is 1.99. The van der Waals surface area contributed by atoms with Crippen LogP contribution >= 0.6 is 0 Å². The van der Waals surface area contributed by atoms with Crippen LogP contribution in [-0.4, -0.2) is 31.8 Å². The van der Waals surface area contributed by atoms with Crippen LogP contribution in [0.5, 0.6) is 11.6 Å². The molecule has 0 aliphatic rings. The van der Waals surface area contributed by atoms with Gasteiger partial charge in [-0.2, -0.15) is 23.3 Å². The lowest BCUT2D eigenvalue weighted by Gasteiger charge is -2.10. The number of carbonyl (C=O) groups is 1. The molecule has 0 aliphatic heterocycles. The molecule has 1 amide bonds. The first-order valence-corrected chi connectivity index (χ1v) is 8.63. The normalized spacial score (nSPS) is 11.4. The fourth-order valence-electron chi connectivity index (χ4n) is 2.66. The molecule has 0 saturated heterocycles. The fourth-order valence-corrected chi connectivity index (χ4v) is 2.66. The van der Waals surface area contributed by atoms with Gasteiger partial charge in [-0.3, -0.25) is 4.79 Å². The molecule has 2 heterocycles. The SMILES string of the molecule is Cc1cc(C)n(-c2cc(Oc3ccc(NC(=O)CC(F)(F)F)cc3)nc(C)n2)n1. The Hall–Kier alpha value is -3.43. The van der Waals surface area contributed by atoms with Crippen LogP contribution < -0.4 is 10.1 Å². The number of nitrogens with zero attached hydrogens (tertiary/aromatic N) is 4. The topological polar surface area (TPSA) is 81.9 Å². The van der Waals surface area contributed by atoms with E-state index in [4.69, 9.17) is 4.74 Å². The van der Waals surface area contributed by atoms with Gasteiger partial charge in [0.15, 0.2) is 5.82 Å². The number of carbonyl (C=O) groups excluding carboxylic acids is 1. The molecule has 3 aromatic rings. The van der Waals surface area contributed by atoms with E-state index in [1.54, 1.807) is 17.7 Å². The smallest absolute Gasteiger partial charge is 0.397 e. The van der Waals surface area contributed by atoms with Gasteiger partial charge in [0.25, 0.3) is 0 Å². The standard InChI is InChI=1S/C19H18F3N5O2/c1-11-8-12(2)27(26-11)16-9-18(24-13(3)23-16)29-15-6-4-14(5-7-15)25-17(28)10-19(20,21)22/h4-9H,10H2,1-3H3,(H,25,28). The van der Waals surface area contributed by atoms with Crippen molar-refractivity contribution >= 4 is 11.6 Å². The van der Waals surface area contributed by atoms with Gasteiger partial charge >= 0.3 is 6.18 Å². The molecule has 0 unspecified atom stereocenters. The van der Waals surface area contributed by atoms with Gasteiger partial charge < -0.3 is 10.1 Å². The van der Waals surface area contributed by atoms with E-state index in [1.165, 1.54) is 24.3 Å². The number of hydrogen-bond donors (Lipinski definition) is 1. The number of alkyl halides is 3. The molecule has 0 spiro atoms. The minimum atomic E-state index is -4.55. The van der Waals surface area contributed by atoms with Crippen LogP contribution in [0.4, 0.5) is 18.9 Å². The molecule has 29 heavy (non-hydrogen) atoms. The Labute approximate surface area is 164 Å². The van der Waals surface area contributed by atoms with Crippen LogP contribution in [0.2, 0.25) is 0 Å². The highest BCUT2D eigenvalue weighted by atomic mass is 19.4. The number of aryl methyl sites for hydroxylation is 3. The lowest BCUT2D eigenvalue weighted by molar-refractivity contribution is -0.150. The third-order valence-corrected chi connectivity index (χ3v) is 3.75. The summed E-state index contributed by atoms with van der Waals surface area (Å²) in [4.78, 5) is 20.0. The third kappa shape index (κ3) is 5.53. The Kier molecular flexibility index (Phi) is 5.53. The average molecular weight is 405 g/mol. The number of amides is 1. The zero-order valence-corrected chi connectivity index (χ0v) is 15.9. The first-order chi connectivity index (χ1) is 13.6. The van der Waals surface area contributed by atoms with Crippen molar-refractivity contribution in [1.82, 2.24) is 19.7 Å². The predicted molar refractivity (Wildman–Crippen MR) is 99.2 cm³/mol. The van der Waals surface area contributed by atoms with Crippen LogP contribution in [0.3, 0.4) is 0 Å². The predicted octanol–water partition coefficient (Wildman–Crippen LogP) is 4.27. The molecule has 10 heteroatoms. The molecule has 0 fully saturated rings. The number of ether oxygens (including phenoxy) is 1. The molecule has 7 nitrogen and oxygen atoms in total. The van der Waals surface area contributed by atoms with Crippen LogP contribution in [0, 0.1) is 20.8 Å². The van der Waals surface area contributed by atoms with Crippen LogP contribution in [-0.2, 0) is 4.79 Å². The van der Waals surface area contributed by atoms with E-state index >= 15 is 0 Å². The van der Waals surface area contributed by atoms with Gasteiger partial charge in [-0.25, -0.2) is 9.67 Å². The highest BCUT2D eigenvalue weighted by Crippen LogP contribution is 2.25. The zero-order valence-electron chi connectivity index (χ0n) is 15.9. The monoisotopic (exact) mass is 405 g/mol. The first-order valence-electron chi connectivity index (χ1n) is 8.63. The van der Waals surface area contributed by atoms with Gasteiger partial charge in [-0.15, -0.1) is 0 Å². The molecule has 1 aromatic carbocycles. The van der Waals surface area contributed by atoms with E-state index in [2.05, 4.69) is 20.4 Å². The number of benzene rings is 1. The molecular weight excluding hydrogens is 387 g/mol. The highest BCUT2D eigenvalue weighted by Gasteiger charge is 2.31. The second-order valence-electron chi connectivity index (χ2n) is 6.42. The van der Waals surface area contributed by atoms with Gasteiger partial charge in [0.2, 0.25) is 11.8 Å². The van der Waals surface area contributed by atoms with Crippen molar-refractivity contribution in [2.45, 2.75) is 33.4 Å². The Bertz CT molecular complexity index is 1030. The minimum Gasteiger partial charge on any atom is -0.439 e. The summed E-state index contributed by atoms with van der Waals surface area (Å²) in [6.07, 6.45) is -6.10. The maximum absolute atomic E-state index is 12.2. The third-order valence-electron chi connectivity index (χ3n) is 3.75. The van der Waals surface area contributed by atoms with Gasteiger partial charge in [0.05, 0.1) is 5.69 Å². The maximum Gasteiger partial charge on any atom is 0.397 e. The van der Waals surface area contributed by atoms with Crippen molar-refractivity contribution in [3.63, 3.8) is 0 Å². The molecule has 152 valence electrons. The van der Waals surface area contributed by atoms with Gasteiger partial charge in [-0.1, -0.05) is 0 Å². The second-order valence-corrected chi connectivity index (χ2v) is 6.42. The van der Waals surface area contributed by atoms with Crippen molar-refractivity contribution in [2.75, 3.05) is 5.32 Å². The lowest BCUT2D eigenvalue weighted by Crippen LogP contribution is -2.21. The van der Waals surface area contributed by atoms with Crippen molar-refractivity contribution in [2.24, 2.45) is 0 Å². The molecule has 0 aliphatic carbocycles. The van der Waals surface area contributed by atoms with Crippen LogP contribution in [0.1, 0.15) is 23.6 Å². The molecular formula is C19H18F3N5O2. The molecule has 3 rings (SSSR count). The molecule has 0 bridgehead atoms. The largest absolute Gasteiger partial charge is 0.439 e. The molecule has 2 aromatic heterocycles. The van der Waals surface area contributed by atoms with Crippen LogP contribution in [0.15, 0.2) is 36.4 Å². The molecule has 1 N–H and O–H groups in total. The lowest BCUT2D eigenvalue weighted by atomic mass is 10.3. The quantitative estimate of drug-likeness (QED) is 0.686. The summed E-state index contributed by atoms with van der Waals surface area (Å²) in [7, 11) is 0. The van der Waals surface area contributed by atoms with E-state index in [0.29, 0.717) is 17.4 Å². The Morgan fingerprint density at radius 1 is 1.10 bits per heavy atom. The van der Waals surface area contributed by atoms with Crippen molar-refractivity contribution in [3.8, 4) is 17.4 Å². The van der Waals surface area contributed by atoms with Gasteiger partial charge in [0, 0.05) is 17.4 Å². The number of nitrogens with one attached hydrogen (secondary N) is 1. The van der Waals surface area contributed by atoms with Crippen molar-refractivity contribution in [3.05, 3.63) is 53.6 Å². The van der Waals surface area contributed by atoms with Gasteiger partial charge in [0.1, 0.15) is 18.0 Å². The molecule has 0 atom stereocenters. The summed E-state index contributed by atoms with van der Waals surface area (Å²) >= 11 is 0. The van der Waals surface area contributed by atoms with E-state index in [1.807, 2.05) is 19.9 Å². The summed E-state index contributed by atoms with van der Waals surface area (Å²) < 4.78 is 44.1. The second kappa shape index (κ2) is 7.90. The van der Waals surface area contributed by atoms with Crippen molar-refractivity contribution in [1.29, 1.82) is 0 Å². The highest BCUT2D eigenvalue weighted by molar-refractivity contribution is 5.91. The summed E-state index contributed by atoms with van der Waals surface area (Å²) in [5.74, 6) is 0.590. The molecule has 0 radical (unpaired) electrons. The average Bonchev–Trinajstić information content (AvgIpc) is 2.93. The summed E-state index contributed by atoms with van der Waals surface area (Å²) in [6, 6.07) is 9.47. The van der Waals surface area contributed by atoms with Gasteiger partial charge in [-0.05, 0) is 51.1 Å². The maximum atomic E-state index is 12.2. The summed E-state index contributed by atoms with van der Waals surface area (Å²) in [6.45, 7) is 5.51. The van der Waals surface area contributed by atoms with E-state index in [9.17, 15) is 18.0 Å². The number of anilines is 1. The van der Waals surface area contributed by atoms with Crippen LogP contribution in [0.25, 0.3) is 5.82 Å². The minimum absolute atomic E-state index is 0.230. The van der Waals surface area contributed by atoms with Crippen molar-refractivity contribution < 1.29 is 22.7 Å². The molecule has 0 saturated carbocycles. The van der Waals surface area contributed by atoms with E-state index in [-0.39, 0.29) is 11.6 Å². The number of halogens is 3. The number of aromatic nitrogens is 4. The summed E-state index contributed by atoms with van der Waals surface area (Å²) in [5, 5.41) is 6.57. The fraction of sp³-hybridized carbons (Fsp3) is 0.263.